The van der Waals surface area contributed by atoms with Crippen molar-refractivity contribution in [3.63, 3.8) is 0 Å². The van der Waals surface area contributed by atoms with E-state index in [0.29, 0.717) is 12.3 Å². The van der Waals surface area contributed by atoms with Crippen LogP contribution in [0.2, 0.25) is 0 Å². The van der Waals surface area contributed by atoms with Crippen LogP contribution in [0, 0.1) is 0 Å². The summed E-state index contributed by atoms with van der Waals surface area (Å²) >= 11 is 1.71. The Kier molecular flexibility index (Phi) is 4.26. The Labute approximate surface area is 127 Å². The average molecular weight is 303 g/mol. The Morgan fingerprint density at radius 2 is 2.19 bits per heavy atom. The third-order valence-electron chi connectivity index (χ3n) is 3.65. The first-order valence-corrected chi connectivity index (χ1v) is 8.01. The SMILES string of the molecule is O=C(O)C1CSCCN1Cc1ccc(-n2ccnc2)cc1. The molecular formula is C15H17N3O2S. The molecule has 21 heavy (non-hydrogen) atoms. The number of carboxylic acid groups (broad SMARTS) is 1. The van der Waals surface area contributed by atoms with Gasteiger partial charge in [-0.05, 0) is 17.7 Å². The van der Waals surface area contributed by atoms with Gasteiger partial charge in [0.1, 0.15) is 6.04 Å². The number of aromatic nitrogens is 2. The lowest BCUT2D eigenvalue weighted by Gasteiger charge is -2.32. The number of imidazole rings is 1. The normalized spacial score (nSPS) is 19.5. The van der Waals surface area contributed by atoms with Crippen LogP contribution < -0.4 is 0 Å². The number of hydrogen-bond donors (Lipinski definition) is 1. The van der Waals surface area contributed by atoms with E-state index < -0.39 is 5.97 Å². The molecule has 0 radical (unpaired) electrons. The number of hydrogen-bond acceptors (Lipinski definition) is 4. The summed E-state index contributed by atoms with van der Waals surface area (Å²) in [6.45, 7) is 1.51. The van der Waals surface area contributed by atoms with Crippen LogP contribution >= 0.6 is 11.8 Å². The summed E-state index contributed by atoms with van der Waals surface area (Å²) < 4.78 is 1.95. The summed E-state index contributed by atoms with van der Waals surface area (Å²) in [6.07, 6.45) is 5.41. The van der Waals surface area contributed by atoms with Crippen LogP contribution in [-0.4, -0.2) is 49.6 Å². The summed E-state index contributed by atoms with van der Waals surface area (Å²) in [4.78, 5) is 17.4. The van der Waals surface area contributed by atoms with E-state index in [1.165, 1.54) is 0 Å². The molecule has 0 aliphatic carbocycles. The van der Waals surface area contributed by atoms with Crippen molar-refractivity contribution in [2.75, 3.05) is 18.1 Å². The zero-order valence-corrected chi connectivity index (χ0v) is 12.4. The lowest BCUT2D eigenvalue weighted by atomic mass is 10.1. The Morgan fingerprint density at radius 1 is 1.38 bits per heavy atom. The van der Waals surface area contributed by atoms with Crippen LogP contribution in [0.15, 0.2) is 43.0 Å². The minimum Gasteiger partial charge on any atom is -0.480 e. The van der Waals surface area contributed by atoms with E-state index >= 15 is 0 Å². The molecule has 1 unspecified atom stereocenters. The smallest absolute Gasteiger partial charge is 0.321 e. The highest BCUT2D eigenvalue weighted by atomic mass is 32.2. The molecule has 0 amide bonds. The highest BCUT2D eigenvalue weighted by Gasteiger charge is 2.28. The van der Waals surface area contributed by atoms with Crippen LogP contribution in [0.5, 0.6) is 0 Å². The van der Waals surface area contributed by atoms with Crippen LogP contribution in [0.3, 0.4) is 0 Å². The number of rotatable bonds is 4. The molecule has 0 saturated carbocycles. The summed E-state index contributed by atoms with van der Waals surface area (Å²) in [5.41, 5.74) is 2.19. The largest absolute Gasteiger partial charge is 0.480 e. The van der Waals surface area contributed by atoms with Gasteiger partial charge in [-0.15, -0.1) is 0 Å². The first kappa shape index (κ1) is 14.2. The fourth-order valence-electron chi connectivity index (χ4n) is 2.47. The predicted octanol–water partition coefficient (Wildman–Crippen LogP) is 1.87. The summed E-state index contributed by atoms with van der Waals surface area (Å²) in [5.74, 6) is 0.941. The molecule has 2 aromatic rings. The molecule has 1 saturated heterocycles. The van der Waals surface area contributed by atoms with Gasteiger partial charge in [0.25, 0.3) is 0 Å². The van der Waals surface area contributed by atoms with Crippen molar-refractivity contribution in [1.29, 1.82) is 0 Å². The maximum atomic E-state index is 11.3. The molecule has 1 aliphatic rings. The van der Waals surface area contributed by atoms with Crippen molar-refractivity contribution in [2.45, 2.75) is 12.6 Å². The van der Waals surface area contributed by atoms with Gasteiger partial charge in [-0.25, -0.2) is 4.98 Å². The second-order valence-corrected chi connectivity index (χ2v) is 6.19. The third-order valence-corrected chi connectivity index (χ3v) is 4.67. The van der Waals surface area contributed by atoms with Crippen molar-refractivity contribution in [3.8, 4) is 5.69 Å². The van der Waals surface area contributed by atoms with Crippen molar-refractivity contribution >= 4 is 17.7 Å². The molecule has 1 aromatic heterocycles. The molecule has 1 fully saturated rings. The monoisotopic (exact) mass is 303 g/mol. The van der Waals surface area contributed by atoms with Crippen molar-refractivity contribution in [1.82, 2.24) is 14.5 Å². The molecule has 0 bridgehead atoms. The molecule has 0 spiro atoms. The quantitative estimate of drug-likeness (QED) is 0.934. The van der Waals surface area contributed by atoms with Gasteiger partial charge in [0.05, 0.1) is 6.33 Å². The van der Waals surface area contributed by atoms with Gasteiger partial charge in [-0.1, -0.05) is 12.1 Å². The highest BCUT2D eigenvalue weighted by Crippen LogP contribution is 2.20. The summed E-state index contributed by atoms with van der Waals surface area (Å²) in [5, 5.41) is 9.29. The molecule has 2 heterocycles. The second-order valence-electron chi connectivity index (χ2n) is 5.04. The van der Waals surface area contributed by atoms with Crippen LogP contribution in [0.25, 0.3) is 5.69 Å². The lowest BCUT2D eigenvalue weighted by Crippen LogP contribution is -2.46. The molecular weight excluding hydrogens is 286 g/mol. The Bertz CT molecular complexity index is 598. The molecule has 6 heteroatoms. The van der Waals surface area contributed by atoms with Gasteiger partial charge in [0.2, 0.25) is 0 Å². The van der Waals surface area contributed by atoms with Gasteiger partial charge in [-0.3, -0.25) is 9.69 Å². The van der Waals surface area contributed by atoms with E-state index in [1.807, 2.05) is 27.8 Å². The van der Waals surface area contributed by atoms with Crippen LogP contribution in [0.4, 0.5) is 0 Å². The fraction of sp³-hybridized carbons (Fsp3) is 0.333. The Balaban J connectivity index is 1.71. The molecule has 110 valence electrons. The maximum Gasteiger partial charge on any atom is 0.321 e. The van der Waals surface area contributed by atoms with Gasteiger partial charge in [0, 0.05) is 42.7 Å². The summed E-state index contributed by atoms with van der Waals surface area (Å²) in [7, 11) is 0. The molecule has 3 rings (SSSR count). The van der Waals surface area contributed by atoms with E-state index in [-0.39, 0.29) is 6.04 Å². The second kappa shape index (κ2) is 6.32. The minimum atomic E-state index is -0.725. The topological polar surface area (TPSA) is 58.4 Å². The zero-order chi connectivity index (χ0) is 14.7. The molecule has 1 N–H and O–H groups in total. The first-order valence-electron chi connectivity index (χ1n) is 6.86. The van der Waals surface area contributed by atoms with E-state index in [4.69, 9.17) is 0 Å². The first-order chi connectivity index (χ1) is 10.2. The van der Waals surface area contributed by atoms with Crippen LogP contribution in [-0.2, 0) is 11.3 Å². The molecule has 1 atom stereocenters. The standard InChI is InChI=1S/C15H17N3O2S/c19-15(20)14-10-21-8-7-17(14)9-12-1-3-13(4-2-12)18-6-5-16-11-18/h1-6,11,14H,7-10H2,(H,19,20). The average Bonchev–Trinajstić information content (AvgIpc) is 3.03. The van der Waals surface area contributed by atoms with E-state index in [1.54, 1.807) is 24.3 Å². The van der Waals surface area contributed by atoms with Gasteiger partial charge < -0.3 is 9.67 Å². The number of carbonyl (C=O) groups is 1. The maximum absolute atomic E-state index is 11.3. The molecule has 5 nitrogen and oxygen atoms in total. The Hall–Kier alpha value is -1.79. The summed E-state index contributed by atoms with van der Waals surface area (Å²) in [6, 6.07) is 7.79. The number of benzene rings is 1. The zero-order valence-electron chi connectivity index (χ0n) is 11.6. The number of thioether (sulfide) groups is 1. The van der Waals surface area contributed by atoms with Gasteiger partial charge in [0.15, 0.2) is 0 Å². The highest BCUT2D eigenvalue weighted by molar-refractivity contribution is 7.99. The van der Waals surface area contributed by atoms with Crippen LogP contribution in [0.1, 0.15) is 5.56 Å². The predicted molar refractivity (Wildman–Crippen MR) is 82.7 cm³/mol. The minimum absolute atomic E-state index is 0.378. The van der Waals surface area contributed by atoms with Crippen molar-refractivity contribution in [2.24, 2.45) is 0 Å². The van der Waals surface area contributed by atoms with Crippen molar-refractivity contribution < 1.29 is 9.90 Å². The number of nitrogens with zero attached hydrogens (tertiary/aromatic N) is 3. The molecule has 1 aliphatic heterocycles. The van der Waals surface area contributed by atoms with E-state index in [0.717, 1.165) is 23.5 Å². The van der Waals surface area contributed by atoms with Crippen molar-refractivity contribution in [3.05, 3.63) is 48.5 Å². The van der Waals surface area contributed by atoms with Gasteiger partial charge in [-0.2, -0.15) is 11.8 Å². The number of carboxylic acids is 1. The van der Waals surface area contributed by atoms with E-state index in [2.05, 4.69) is 17.1 Å². The lowest BCUT2D eigenvalue weighted by molar-refractivity contribution is -0.142. The fourth-order valence-corrected chi connectivity index (χ4v) is 3.58. The molecule has 1 aromatic carbocycles. The number of aliphatic carboxylic acids is 1. The van der Waals surface area contributed by atoms with E-state index in [9.17, 15) is 9.90 Å². The third kappa shape index (κ3) is 3.28. The Morgan fingerprint density at radius 3 is 2.86 bits per heavy atom. The van der Waals surface area contributed by atoms with Gasteiger partial charge >= 0.3 is 5.97 Å².